The lowest BCUT2D eigenvalue weighted by Crippen LogP contribution is -2.38. The molecule has 0 radical (unpaired) electrons. The summed E-state index contributed by atoms with van der Waals surface area (Å²) in [6.07, 6.45) is 1.22. The van der Waals surface area contributed by atoms with Gasteiger partial charge in [0.1, 0.15) is 12.4 Å². The molecule has 0 aliphatic carbocycles. The van der Waals surface area contributed by atoms with Gasteiger partial charge in [-0.1, -0.05) is 18.2 Å². The van der Waals surface area contributed by atoms with Crippen molar-refractivity contribution in [2.75, 3.05) is 24.6 Å². The van der Waals surface area contributed by atoms with Gasteiger partial charge in [-0.15, -0.1) is 0 Å². The van der Waals surface area contributed by atoms with Gasteiger partial charge in [-0.3, -0.25) is 4.79 Å². The maximum Gasteiger partial charge on any atom is 0.258 e. The number of benzene rings is 2. The number of amides is 1. The molecule has 3 rings (SSSR count). The van der Waals surface area contributed by atoms with Crippen molar-refractivity contribution < 1.29 is 13.9 Å². The topological polar surface area (TPSA) is 55.6 Å². The number of anilines is 1. The van der Waals surface area contributed by atoms with Crippen LogP contribution >= 0.6 is 0 Å². The highest BCUT2D eigenvalue weighted by atomic mass is 19.1. The van der Waals surface area contributed by atoms with Crippen LogP contribution in [0.5, 0.6) is 5.75 Å². The van der Waals surface area contributed by atoms with E-state index in [1.54, 1.807) is 12.1 Å². The Morgan fingerprint density at radius 3 is 2.84 bits per heavy atom. The lowest BCUT2D eigenvalue weighted by molar-refractivity contribution is 0.0980. The van der Waals surface area contributed by atoms with Gasteiger partial charge >= 0.3 is 0 Å². The van der Waals surface area contributed by atoms with Crippen molar-refractivity contribution in [2.24, 2.45) is 5.73 Å². The monoisotopic (exact) mass is 340 g/mol. The van der Waals surface area contributed by atoms with Gasteiger partial charge in [-0.2, -0.15) is 0 Å². The van der Waals surface area contributed by atoms with Crippen molar-refractivity contribution in [3.63, 3.8) is 0 Å². The third-order valence-electron chi connectivity index (χ3n) is 4.40. The first kappa shape index (κ1) is 17.2. The molecule has 0 bridgehead atoms. The van der Waals surface area contributed by atoms with Crippen molar-refractivity contribution in [2.45, 2.75) is 13.3 Å². The lowest BCUT2D eigenvalue weighted by Gasteiger charge is -2.30. The predicted molar refractivity (Wildman–Crippen MR) is 96.7 cm³/mol. The van der Waals surface area contributed by atoms with Crippen molar-refractivity contribution in [1.29, 1.82) is 0 Å². The largest absolute Gasteiger partial charge is 0.489 e. The van der Waals surface area contributed by atoms with Crippen molar-refractivity contribution in [3.05, 3.63) is 71.1 Å². The zero-order valence-electron chi connectivity index (χ0n) is 14.2. The highest BCUT2D eigenvalue weighted by molar-refractivity contribution is 6.08. The van der Waals surface area contributed by atoms with Gasteiger partial charge in [0.05, 0.1) is 6.33 Å². The quantitative estimate of drug-likeness (QED) is 0.908. The molecule has 25 heavy (non-hydrogen) atoms. The number of hydrogen-bond donors (Lipinski definition) is 1. The first-order valence-electron chi connectivity index (χ1n) is 8.25. The van der Waals surface area contributed by atoms with E-state index in [1.165, 1.54) is 0 Å². The smallest absolute Gasteiger partial charge is 0.258 e. The van der Waals surface area contributed by atoms with Crippen LogP contribution in [0.2, 0.25) is 0 Å². The van der Waals surface area contributed by atoms with Crippen LogP contribution in [0.25, 0.3) is 0 Å². The summed E-state index contributed by atoms with van der Waals surface area (Å²) >= 11 is 0. The second-order valence-corrected chi connectivity index (χ2v) is 6.07. The Balaban J connectivity index is 1.80. The van der Waals surface area contributed by atoms with Gasteiger partial charge < -0.3 is 15.4 Å². The molecule has 0 spiro atoms. The Morgan fingerprint density at radius 2 is 2.12 bits per heavy atom. The number of carbonyl (C=O) groups is 1. The lowest BCUT2D eigenvalue weighted by atomic mass is 9.97. The maximum absolute atomic E-state index is 12.8. The molecule has 0 saturated carbocycles. The minimum absolute atomic E-state index is 0.00611. The zero-order valence-corrected chi connectivity index (χ0v) is 14.2. The van der Waals surface area contributed by atoms with Gasteiger partial charge in [-0.25, -0.2) is 4.39 Å². The molecule has 130 valence electrons. The highest BCUT2D eigenvalue weighted by Gasteiger charge is 2.26. The fourth-order valence-corrected chi connectivity index (χ4v) is 2.96. The summed E-state index contributed by atoms with van der Waals surface area (Å²) < 4.78 is 18.1. The van der Waals surface area contributed by atoms with E-state index in [0.29, 0.717) is 29.8 Å². The normalized spacial score (nSPS) is 14.4. The molecule has 2 aromatic carbocycles. The number of carbonyl (C=O) groups excluding carboxylic acids is 1. The minimum atomic E-state index is -0.00611. The SMILES string of the molecule is Cc1ccccc1N1CCc2cc(OC/C(=C\F)CN)ccc2C1=O. The van der Waals surface area contributed by atoms with E-state index < -0.39 is 0 Å². The molecular formula is C20H21FN2O2. The molecule has 0 saturated heterocycles. The molecule has 0 fully saturated rings. The van der Waals surface area contributed by atoms with Crippen molar-refractivity contribution in [3.8, 4) is 5.75 Å². The van der Waals surface area contributed by atoms with E-state index in [2.05, 4.69) is 0 Å². The fourth-order valence-electron chi connectivity index (χ4n) is 2.96. The summed E-state index contributed by atoms with van der Waals surface area (Å²) in [6, 6.07) is 13.2. The molecule has 0 aromatic heterocycles. The van der Waals surface area contributed by atoms with Crippen LogP contribution in [-0.2, 0) is 6.42 Å². The van der Waals surface area contributed by atoms with Crippen LogP contribution in [0.1, 0.15) is 21.5 Å². The molecule has 5 heteroatoms. The van der Waals surface area contributed by atoms with Gasteiger partial charge in [0.25, 0.3) is 5.91 Å². The molecule has 0 atom stereocenters. The number of rotatable bonds is 5. The van der Waals surface area contributed by atoms with Crippen LogP contribution in [-0.4, -0.2) is 25.6 Å². The molecular weight excluding hydrogens is 319 g/mol. The van der Waals surface area contributed by atoms with E-state index in [9.17, 15) is 9.18 Å². The second kappa shape index (κ2) is 7.49. The number of para-hydroxylation sites is 1. The second-order valence-electron chi connectivity index (χ2n) is 6.07. The number of fused-ring (bicyclic) bond motifs is 1. The summed E-state index contributed by atoms with van der Waals surface area (Å²) in [5.41, 5.74) is 9.46. The van der Waals surface area contributed by atoms with E-state index in [1.807, 2.05) is 42.2 Å². The number of hydrogen-bond acceptors (Lipinski definition) is 3. The van der Waals surface area contributed by atoms with Crippen LogP contribution in [0.3, 0.4) is 0 Å². The Bertz CT molecular complexity index is 817. The van der Waals surface area contributed by atoms with Crippen LogP contribution in [0, 0.1) is 6.92 Å². The zero-order chi connectivity index (χ0) is 17.8. The summed E-state index contributed by atoms with van der Waals surface area (Å²) in [5, 5.41) is 0. The van der Waals surface area contributed by atoms with E-state index in [0.717, 1.165) is 23.2 Å². The van der Waals surface area contributed by atoms with Gasteiger partial charge in [0, 0.05) is 29.9 Å². The molecule has 1 aliphatic heterocycles. The van der Waals surface area contributed by atoms with Gasteiger partial charge in [0.2, 0.25) is 0 Å². The number of ether oxygens (including phenoxy) is 1. The molecule has 2 N–H and O–H groups in total. The molecule has 2 aromatic rings. The summed E-state index contributed by atoms with van der Waals surface area (Å²) in [4.78, 5) is 14.7. The summed E-state index contributed by atoms with van der Waals surface area (Å²) in [6.45, 7) is 2.85. The third-order valence-corrected chi connectivity index (χ3v) is 4.40. The molecule has 0 unspecified atom stereocenters. The Hall–Kier alpha value is -2.66. The molecule has 1 amide bonds. The van der Waals surface area contributed by atoms with Crippen molar-refractivity contribution in [1.82, 2.24) is 0 Å². The van der Waals surface area contributed by atoms with Crippen LogP contribution in [0.15, 0.2) is 54.4 Å². The maximum atomic E-state index is 12.8. The van der Waals surface area contributed by atoms with Crippen molar-refractivity contribution >= 4 is 11.6 Å². The molecule has 1 heterocycles. The number of nitrogens with two attached hydrogens (primary N) is 1. The van der Waals surface area contributed by atoms with Gasteiger partial charge in [-0.05, 0) is 48.7 Å². The van der Waals surface area contributed by atoms with Gasteiger partial charge in [0.15, 0.2) is 0 Å². The molecule has 4 nitrogen and oxygen atoms in total. The minimum Gasteiger partial charge on any atom is -0.489 e. The first-order valence-corrected chi connectivity index (χ1v) is 8.25. The summed E-state index contributed by atoms with van der Waals surface area (Å²) in [5.74, 6) is 0.608. The van der Waals surface area contributed by atoms with E-state index >= 15 is 0 Å². The fraction of sp³-hybridized carbons (Fsp3) is 0.250. The average molecular weight is 340 g/mol. The average Bonchev–Trinajstić information content (AvgIpc) is 2.64. The number of nitrogens with zero attached hydrogens (tertiary/aromatic N) is 1. The third kappa shape index (κ3) is 3.56. The standard InChI is InChI=1S/C20H21FN2O2/c1-14-4-2-3-5-19(14)23-9-8-16-10-17(6-7-18(16)20(23)24)25-13-15(11-21)12-22/h2-7,10-11H,8-9,12-13,22H2,1H3/b15-11-. The first-order chi connectivity index (χ1) is 12.1. The van der Waals surface area contributed by atoms with E-state index in [4.69, 9.17) is 10.5 Å². The molecule has 1 aliphatic rings. The Morgan fingerprint density at radius 1 is 1.32 bits per heavy atom. The Kier molecular flexibility index (Phi) is 5.14. The van der Waals surface area contributed by atoms with Crippen LogP contribution < -0.4 is 15.4 Å². The highest BCUT2D eigenvalue weighted by Crippen LogP contribution is 2.29. The summed E-state index contributed by atoms with van der Waals surface area (Å²) in [7, 11) is 0. The Labute approximate surface area is 146 Å². The number of aryl methyl sites for hydroxylation is 1. The predicted octanol–water partition coefficient (Wildman–Crippen LogP) is 3.39. The van der Waals surface area contributed by atoms with Crippen LogP contribution in [0.4, 0.5) is 10.1 Å². The van der Waals surface area contributed by atoms with E-state index in [-0.39, 0.29) is 19.1 Å². The number of halogens is 1.